The molecule has 0 rings (SSSR count). The van der Waals surface area contributed by atoms with Gasteiger partial charge in [0.25, 0.3) is 0 Å². The van der Waals surface area contributed by atoms with Gasteiger partial charge in [0.2, 0.25) is 0 Å². The Balaban J connectivity index is 3.75. The van der Waals surface area contributed by atoms with E-state index in [-0.39, 0.29) is 0 Å². The van der Waals surface area contributed by atoms with Crippen LogP contribution in [0.15, 0.2) is 12.2 Å². The molecule has 0 amide bonds. The Hall–Kier alpha value is -0.340. The van der Waals surface area contributed by atoms with Crippen LogP contribution in [0.1, 0.15) is 47.0 Å². The average Bonchev–Trinajstić information content (AvgIpc) is 2.00. The molecular weight excluding hydrogens is 176 g/mol. The van der Waals surface area contributed by atoms with Crippen LogP contribution in [0.2, 0.25) is 0 Å². The maximum absolute atomic E-state index is 9.51. The third-order valence-corrected chi connectivity index (χ3v) is 2.60. The Morgan fingerprint density at radius 3 is 2.21 bits per heavy atom. The van der Waals surface area contributed by atoms with E-state index >= 15 is 0 Å². The van der Waals surface area contributed by atoms with Gasteiger partial charge in [0, 0.05) is 0 Å². The number of aliphatic hydroxyl groups excluding tert-OH is 1. The van der Waals surface area contributed by atoms with Crippen LogP contribution in [0.4, 0.5) is 0 Å². The maximum atomic E-state index is 9.51. The van der Waals surface area contributed by atoms with E-state index in [4.69, 9.17) is 0 Å². The van der Waals surface area contributed by atoms with Gasteiger partial charge in [0.1, 0.15) is 0 Å². The fourth-order valence-corrected chi connectivity index (χ4v) is 1.44. The summed E-state index contributed by atoms with van der Waals surface area (Å²) in [6.45, 7) is 11.3. The third kappa shape index (κ3) is 6.17. The van der Waals surface area contributed by atoms with Crippen molar-refractivity contribution in [2.45, 2.75) is 58.7 Å². The second-order valence-corrected chi connectivity index (χ2v) is 4.86. The van der Waals surface area contributed by atoms with Crippen LogP contribution in [0.3, 0.4) is 0 Å². The summed E-state index contributed by atoms with van der Waals surface area (Å²) in [5.74, 6) is 0.331. The Labute approximate surface area is 87.7 Å². The normalized spacial score (nSPS) is 16.4. The number of aliphatic hydroxyl groups is 2. The number of hydrogen-bond donors (Lipinski definition) is 2. The second kappa shape index (κ2) is 5.52. The van der Waals surface area contributed by atoms with E-state index in [1.807, 2.05) is 13.8 Å². The van der Waals surface area contributed by atoms with E-state index < -0.39 is 11.7 Å². The van der Waals surface area contributed by atoms with E-state index in [1.165, 1.54) is 0 Å². The fraction of sp³-hybridized carbons (Fsp3) is 0.833. The van der Waals surface area contributed by atoms with E-state index in [0.29, 0.717) is 5.92 Å². The van der Waals surface area contributed by atoms with Crippen LogP contribution in [-0.2, 0) is 0 Å². The highest BCUT2D eigenvalue weighted by Crippen LogP contribution is 2.21. The van der Waals surface area contributed by atoms with Crippen LogP contribution in [0.5, 0.6) is 0 Å². The lowest BCUT2D eigenvalue weighted by Gasteiger charge is -2.20. The van der Waals surface area contributed by atoms with Crippen molar-refractivity contribution in [3.8, 4) is 0 Å². The van der Waals surface area contributed by atoms with Crippen molar-refractivity contribution in [2.75, 3.05) is 0 Å². The Morgan fingerprint density at radius 2 is 1.86 bits per heavy atom. The minimum Gasteiger partial charge on any atom is -0.390 e. The van der Waals surface area contributed by atoms with Gasteiger partial charge in [-0.15, -0.1) is 0 Å². The Morgan fingerprint density at radius 1 is 1.36 bits per heavy atom. The zero-order valence-corrected chi connectivity index (χ0v) is 9.88. The van der Waals surface area contributed by atoms with Crippen molar-refractivity contribution >= 4 is 0 Å². The van der Waals surface area contributed by atoms with Gasteiger partial charge in [-0.1, -0.05) is 19.9 Å². The lowest BCUT2D eigenvalue weighted by Crippen LogP contribution is -2.19. The van der Waals surface area contributed by atoms with Gasteiger partial charge in [0.05, 0.1) is 11.7 Å². The molecule has 0 heterocycles. The van der Waals surface area contributed by atoms with Crippen molar-refractivity contribution in [1.29, 1.82) is 0 Å². The van der Waals surface area contributed by atoms with Crippen LogP contribution in [0.25, 0.3) is 0 Å². The van der Waals surface area contributed by atoms with E-state index in [0.717, 1.165) is 24.8 Å². The zero-order valence-electron chi connectivity index (χ0n) is 9.88. The molecule has 0 radical (unpaired) electrons. The first-order valence-electron chi connectivity index (χ1n) is 5.33. The SMILES string of the molecule is C=C(C(C)O)C(C)CCCC(C)(C)O. The summed E-state index contributed by atoms with van der Waals surface area (Å²) < 4.78 is 0. The topological polar surface area (TPSA) is 40.5 Å². The van der Waals surface area contributed by atoms with Gasteiger partial charge in [-0.05, 0) is 45.1 Å². The molecule has 2 heteroatoms. The van der Waals surface area contributed by atoms with Crippen molar-refractivity contribution in [3.63, 3.8) is 0 Å². The number of hydrogen-bond acceptors (Lipinski definition) is 2. The molecule has 2 N–H and O–H groups in total. The van der Waals surface area contributed by atoms with E-state index in [1.54, 1.807) is 6.92 Å². The van der Waals surface area contributed by atoms with Crippen molar-refractivity contribution < 1.29 is 10.2 Å². The predicted octanol–water partition coefficient (Wildman–Crippen LogP) is 2.50. The average molecular weight is 200 g/mol. The van der Waals surface area contributed by atoms with Gasteiger partial charge >= 0.3 is 0 Å². The summed E-state index contributed by atoms with van der Waals surface area (Å²) in [5.41, 5.74) is 0.312. The van der Waals surface area contributed by atoms with E-state index in [9.17, 15) is 10.2 Å². The molecule has 2 unspecified atom stereocenters. The highest BCUT2D eigenvalue weighted by molar-refractivity contribution is 5.03. The Bertz CT molecular complexity index is 177. The van der Waals surface area contributed by atoms with Crippen LogP contribution < -0.4 is 0 Å². The summed E-state index contributed by atoms with van der Waals surface area (Å²) in [7, 11) is 0. The zero-order chi connectivity index (χ0) is 11.4. The molecule has 2 nitrogen and oxygen atoms in total. The summed E-state index contributed by atoms with van der Waals surface area (Å²) in [6, 6.07) is 0. The molecular formula is C12H24O2. The molecule has 0 aliphatic heterocycles. The molecule has 0 aromatic heterocycles. The van der Waals surface area contributed by atoms with Gasteiger partial charge in [-0.2, -0.15) is 0 Å². The first-order chi connectivity index (χ1) is 6.24. The maximum Gasteiger partial charge on any atom is 0.0721 e. The lowest BCUT2D eigenvalue weighted by molar-refractivity contribution is 0.0671. The minimum atomic E-state index is -0.577. The molecule has 0 bridgehead atoms. The van der Waals surface area contributed by atoms with Crippen LogP contribution in [-0.4, -0.2) is 21.9 Å². The van der Waals surface area contributed by atoms with E-state index in [2.05, 4.69) is 13.5 Å². The highest BCUT2D eigenvalue weighted by atomic mass is 16.3. The predicted molar refractivity (Wildman–Crippen MR) is 60.1 cm³/mol. The van der Waals surface area contributed by atoms with Crippen molar-refractivity contribution in [1.82, 2.24) is 0 Å². The minimum absolute atomic E-state index is 0.331. The molecule has 2 atom stereocenters. The largest absolute Gasteiger partial charge is 0.390 e. The fourth-order valence-electron chi connectivity index (χ4n) is 1.44. The summed E-state index contributed by atoms with van der Waals surface area (Å²) in [4.78, 5) is 0. The molecule has 0 saturated carbocycles. The molecule has 0 aliphatic carbocycles. The van der Waals surface area contributed by atoms with Gasteiger partial charge < -0.3 is 10.2 Å². The van der Waals surface area contributed by atoms with Crippen molar-refractivity contribution in [2.24, 2.45) is 5.92 Å². The van der Waals surface area contributed by atoms with Gasteiger partial charge in [-0.3, -0.25) is 0 Å². The summed E-state index contributed by atoms with van der Waals surface area (Å²) >= 11 is 0. The molecule has 84 valence electrons. The second-order valence-electron chi connectivity index (χ2n) is 4.86. The molecule has 0 aromatic rings. The monoisotopic (exact) mass is 200 g/mol. The van der Waals surface area contributed by atoms with Gasteiger partial charge in [-0.25, -0.2) is 0 Å². The summed E-state index contributed by atoms with van der Waals surface area (Å²) in [5, 5.41) is 18.8. The molecule has 0 aromatic carbocycles. The van der Waals surface area contributed by atoms with Crippen LogP contribution in [0, 0.1) is 5.92 Å². The first-order valence-corrected chi connectivity index (χ1v) is 5.33. The van der Waals surface area contributed by atoms with Crippen LogP contribution >= 0.6 is 0 Å². The molecule has 0 saturated heterocycles. The molecule has 0 fully saturated rings. The Kier molecular flexibility index (Phi) is 5.38. The standard InChI is InChI=1S/C12H24O2/c1-9(10(2)11(3)13)7-6-8-12(4,5)14/h9,11,13-14H,2,6-8H2,1,3-5H3. The molecule has 14 heavy (non-hydrogen) atoms. The smallest absolute Gasteiger partial charge is 0.0721 e. The lowest BCUT2D eigenvalue weighted by atomic mass is 9.91. The van der Waals surface area contributed by atoms with Gasteiger partial charge in [0.15, 0.2) is 0 Å². The van der Waals surface area contributed by atoms with Crippen molar-refractivity contribution in [3.05, 3.63) is 12.2 Å². The number of rotatable bonds is 6. The highest BCUT2D eigenvalue weighted by Gasteiger charge is 2.15. The molecule has 0 spiro atoms. The summed E-state index contributed by atoms with van der Waals surface area (Å²) in [6.07, 6.45) is 2.32. The third-order valence-electron chi connectivity index (χ3n) is 2.60. The first kappa shape index (κ1) is 13.7. The quantitative estimate of drug-likeness (QED) is 0.647. The molecule has 0 aliphatic rings.